The number of hydrogen-bond acceptors (Lipinski definition) is 6. The third-order valence-corrected chi connectivity index (χ3v) is 4.85. The molecule has 27 heavy (non-hydrogen) atoms. The summed E-state index contributed by atoms with van der Waals surface area (Å²) in [6, 6.07) is 13.7. The summed E-state index contributed by atoms with van der Waals surface area (Å²) in [5.41, 5.74) is 1.95. The van der Waals surface area contributed by atoms with Crippen molar-refractivity contribution < 1.29 is 13.9 Å². The average Bonchev–Trinajstić information content (AvgIpc) is 3.11. The van der Waals surface area contributed by atoms with Crippen LogP contribution in [0, 0.1) is 5.82 Å². The fourth-order valence-electron chi connectivity index (χ4n) is 2.59. The van der Waals surface area contributed by atoms with E-state index in [0.29, 0.717) is 23.9 Å². The molecule has 0 radical (unpaired) electrons. The maximum Gasteiger partial charge on any atom is 0.212 e. The lowest BCUT2D eigenvalue weighted by Crippen LogP contribution is -2.15. The van der Waals surface area contributed by atoms with Gasteiger partial charge in [-0.15, -0.1) is 10.2 Å². The maximum absolute atomic E-state index is 13.0. The fourth-order valence-corrected chi connectivity index (χ4v) is 3.45. The van der Waals surface area contributed by atoms with Crippen molar-refractivity contribution in [2.24, 2.45) is 5.10 Å². The van der Waals surface area contributed by atoms with Crippen LogP contribution >= 0.6 is 11.8 Å². The number of fused-ring (bicyclic) bond motifs is 1. The topological polar surface area (TPSA) is 61.5 Å². The van der Waals surface area contributed by atoms with E-state index in [1.807, 2.05) is 31.2 Å². The Labute approximate surface area is 160 Å². The standard InChI is InChI=1S/C19H17FN4O2S/c1-2-25-15-7-3-13(4-8-15)17-12-27-19-22-21-18(24(19)23-17)11-26-16-9-5-14(20)6-10-16/h3-10H,2,11-12H2,1H3. The highest BCUT2D eigenvalue weighted by Crippen LogP contribution is 2.25. The Bertz CT molecular complexity index is 955. The Morgan fingerprint density at radius 3 is 2.44 bits per heavy atom. The van der Waals surface area contributed by atoms with E-state index in [-0.39, 0.29) is 12.4 Å². The van der Waals surface area contributed by atoms with E-state index in [9.17, 15) is 4.39 Å². The Hall–Kier alpha value is -2.87. The summed E-state index contributed by atoms with van der Waals surface area (Å²) in [5, 5.41) is 13.7. The number of rotatable bonds is 6. The van der Waals surface area contributed by atoms with E-state index in [1.54, 1.807) is 28.6 Å². The molecule has 0 atom stereocenters. The molecule has 0 amide bonds. The van der Waals surface area contributed by atoms with Crippen LogP contribution in [0.1, 0.15) is 18.3 Å². The summed E-state index contributed by atoms with van der Waals surface area (Å²) in [7, 11) is 0. The first-order valence-corrected chi connectivity index (χ1v) is 9.48. The van der Waals surface area contributed by atoms with E-state index in [0.717, 1.165) is 22.2 Å². The van der Waals surface area contributed by atoms with Crippen LogP contribution in [0.5, 0.6) is 11.5 Å². The van der Waals surface area contributed by atoms with Crippen molar-refractivity contribution in [2.45, 2.75) is 18.7 Å². The van der Waals surface area contributed by atoms with Crippen molar-refractivity contribution in [3.8, 4) is 11.5 Å². The van der Waals surface area contributed by atoms with Gasteiger partial charge in [-0.05, 0) is 61.0 Å². The number of thioether (sulfide) groups is 1. The van der Waals surface area contributed by atoms with Gasteiger partial charge in [0.05, 0.1) is 12.3 Å². The van der Waals surface area contributed by atoms with Gasteiger partial charge in [0.15, 0.2) is 5.82 Å². The van der Waals surface area contributed by atoms with Crippen molar-refractivity contribution in [2.75, 3.05) is 12.4 Å². The minimum absolute atomic E-state index is 0.194. The minimum Gasteiger partial charge on any atom is -0.494 e. The summed E-state index contributed by atoms with van der Waals surface area (Å²) in [4.78, 5) is 0. The SMILES string of the molecule is CCOc1ccc(C2=Nn3c(COc4ccc(F)cc4)nnc3SC2)cc1. The lowest BCUT2D eigenvalue weighted by molar-refractivity contribution is 0.289. The summed E-state index contributed by atoms with van der Waals surface area (Å²) in [6.45, 7) is 2.79. The van der Waals surface area contributed by atoms with Crippen molar-refractivity contribution in [1.29, 1.82) is 0 Å². The van der Waals surface area contributed by atoms with Gasteiger partial charge in [0, 0.05) is 5.75 Å². The fraction of sp³-hybridized carbons (Fsp3) is 0.211. The van der Waals surface area contributed by atoms with Crippen molar-refractivity contribution >= 4 is 17.5 Å². The predicted octanol–water partition coefficient (Wildman–Crippen LogP) is 3.75. The molecule has 0 spiro atoms. The Kier molecular flexibility index (Phi) is 5.06. The zero-order chi connectivity index (χ0) is 18.6. The lowest BCUT2D eigenvalue weighted by Gasteiger charge is -2.14. The molecule has 0 saturated carbocycles. The summed E-state index contributed by atoms with van der Waals surface area (Å²) in [5.74, 6) is 2.40. The molecule has 4 rings (SSSR count). The largest absolute Gasteiger partial charge is 0.494 e. The zero-order valence-electron chi connectivity index (χ0n) is 14.6. The molecule has 0 fully saturated rings. The molecule has 0 N–H and O–H groups in total. The van der Waals surface area contributed by atoms with Gasteiger partial charge >= 0.3 is 0 Å². The smallest absolute Gasteiger partial charge is 0.212 e. The van der Waals surface area contributed by atoms with Gasteiger partial charge in [0.1, 0.15) is 23.9 Å². The van der Waals surface area contributed by atoms with Gasteiger partial charge in [-0.3, -0.25) is 0 Å². The van der Waals surface area contributed by atoms with Crippen LogP contribution in [-0.2, 0) is 6.61 Å². The lowest BCUT2D eigenvalue weighted by atomic mass is 10.1. The molecule has 0 aliphatic carbocycles. The van der Waals surface area contributed by atoms with E-state index in [2.05, 4.69) is 15.3 Å². The van der Waals surface area contributed by atoms with E-state index >= 15 is 0 Å². The first-order valence-electron chi connectivity index (χ1n) is 8.49. The monoisotopic (exact) mass is 384 g/mol. The number of nitrogens with zero attached hydrogens (tertiary/aromatic N) is 4. The van der Waals surface area contributed by atoms with Crippen LogP contribution in [0.3, 0.4) is 0 Å². The number of benzene rings is 2. The van der Waals surface area contributed by atoms with Crippen molar-refractivity contribution in [1.82, 2.24) is 14.9 Å². The quantitative estimate of drug-likeness (QED) is 0.648. The Balaban J connectivity index is 1.52. The van der Waals surface area contributed by atoms with Crippen LogP contribution in [0.25, 0.3) is 0 Å². The summed E-state index contributed by atoms with van der Waals surface area (Å²) in [6.07, 6.45) is 0. The normalized spacial score (nSPS) is 13.0. The first-order chi connectivity index (χ1) is 13.2. The maximum atomic E-state index is 13.0. The second-order valence-corrected chi connectivity index (χ2v) is 6.69. The van der Waals surface area contributed by atoms with Gasteiger partial charge in [-0.25, -0.2) is 4.39 Å². The molecule has 1 aromatic heterocycles. The molecule has 3 aromatic rings. The average molecular weight is 384 g/mol. The summed E-state index contributed by atoms with van der Waals surface area (Å²) >= 11 is 1.57. The number of halogens is 1. The van der Waals surface area contributed by atoms with Gasteiger partial charge < -0.3 is 9.47 Å². The molecule has 1 aliphatic rings. The van der Waals surface area contributed by atoms with Gasteiger partial charge in [-0.1, -0.05) is 11.8 Å². The van der Waals surface area contributed by atoms with Crippen molar-refractivity contribution in [3.05, 3.63) is 65.7 Å². The molecule has 2 aromatic carbocycles. The highest BCUT2D eigenvalue weighted by molar-refractivity contribution is 7.99. The zero-order valence-corrected chi connectivity index (χ0v) is 15.4. The van der Waals surface area contributed by atoms with Gasteiger partial charge in [0.25, 0.3) is 0 Å². The van der Waals surface area contributed by atoms with Crippen LogP contribution in [0.15, 0.2) is 58.8 Å². The molecule has 0 unspecified atom stereocenters. The van der Waals surface area contributed by atoms with Gasteiger partial charge in [-0.2, -0.15) is 9.78 Å². The van der Waals surface area contributed by atoms with Crippen molar-refractivity contribution in [3.63, 3.8) is 0 Å². The number of aromatic nitrogens is 3. The third kappa shape index (κ3) is 3.95. The highest BCUT2D eigenvalue weighted by Gasteiger charge is 2.20. The molecule has 6 nitrogen and oxygen atoms in total. The molecule has 1 aliphatic heterocycles. The van der Waals surface area contributed by atoms with E-state index in [1.165, 1.54) is 12.1 Å². The molecular formula is C19H17FN4O2S. The molecule has 138 valence electrons. The second-order valence-electron chi connectivity index (χ2n) is 5.75. The van der Waals surface area contributed by atoms with Crippen LogP contribution in [-0.4, -0.2) is 32.9 Å². The minimum atomic E-state index is -0.303. The first kappa shape index (κ1) is 17.5. The number of hydrogen-bond donors (Lipinski definition) is 0. The Morgan fingerprint density at radius 1 is 1.00 bits per heavy atom. The molecule has 2 heterocycles. The molecule has 0 bridgehead atoms. The van der Waals surface area contributed by atoms with E-state index in [4.69, 9.17) is 9.47 Å². The van der Waals surface area contributed by atoms with Gasteiger partial charge in [0.2, 0.25) is 5.16 Å². The molecular weight excluding hydrogens is 367 g/mol. The molecule has 0 saturated heterocycles. The van der Waals surface area contributed by atoms with Crippen LogP contribution in [0.4, 0.5) is 4.39 Å². The third-order valence-electron chi connectivity index (χ3n) is 3.92. The summed E-state index contributed by atoms with van der Waals surface area (Å²) < 4.78 is 25.8. The van der Waals surface area contributed by atoms with Crippen LogP contribution in [0.2, 0.25) is 0 Å². The predicted molar refractivity (Wildman–Crippen MR) is 101 cm³/mol. The van der Waals surface area contributed by atoms with E-state index < -0.39 is 0 Å². The molecule has 8 heteroatoms. The van der Waals surface area contributed by atoms with Crippen LogP contribution < -0.4 is 9.47 Å². The number of ether oxygens (including phenoxy) is 2. The Morgan fingerprint density at radius 2 is 1.70 bits per heavy atom. The second kappa shape index (κ2) is 7.79. The highest BCUT2D eigenvalue weighted by atomic mass is 32.2.